The van der Waals surface area contributed by atoms with Crippen molar-refractivity contribution in [3.05, 3.63) is 92.3 Å². The fourth-order valence-corrected chi connectivity index (χ4v) is 3.99. The lowest BCUT2D eigenvalue weighted by Gasteiger charge is -2.21. The summed E-state index contributed by atoms with van der Waals surface area (Å²) in [4.78, 5) is 37.2. The molecule has 11 heteroatoms. The van der Waals surface area contributed by atoms with Crippen LogP contribution >= 0.6 is 0 Å². The van der Waals surface area contributed by atoms with Gasteiger partial charge >= 0.3 is 17.8 Å². The van der Waals surface area contributed by atoms with E-state index in [1.54, 1.807) is 42.5 Å². The number of hydrogen-bond acceptors (Lipinski definition) is 5. The van der Waals surface area contributed by atoms with E-state index in [0.29, 0.717) is 25.0 Å². The molecule has 1 heterocycles. The van der Waals surface area contributed by atoms with E-state index in [1.807, 2.05) is 12.1 Å². The van der Waals surface area contributed by atoms with E-state index in [0.717, 1.165) is 20.4 Å². The number of unbranched alkanes of at least 4 members (excludes halogenated alkanes) is 1. The number of carbonyl (C=O) groups is 1. The number of aromatic nitrogens is 3. The molecule has 0 saturated heterocycles. The Labute approximate surface area is 223 Å². The smallest absolute Gasteiger partial charge is 0.389 e. The van der Waals surface area contributed by atoms with Crippen molar-refractivity contribution in [1.29, 1.82) is 0 Å². The Balaban J connectivity index is 1.72. The Bertz CT molecular complexity index is 1380. The minimum atomic E-state index is -4.38. The second-order valence-corrected chi connectivity index (χ2v) is 9.81. The predicted molar refractivity (Wildman–Crippen MR) is 139 cm³/mol. The number of hydrogen-bond donors (Lipinski definition) is 1. The van der Waals surface area contributed by atoms with E-state index in [-0.39, 0.29) is 31.6 Å². The van der Waals surface area contributed by atoms with Crippen molar-refractivity contribution >= 4 is 5.97 Å². The Kier molecular flexibility index (Phi) is 9.71. The minimum absolute atomic E-state index is 0.0960. The van der Waals surface area contributed by atoms with Crippen LogP contribution in [-0.2, 0) is 30.7 Å². The molecule has 0 spiro atoms. The maximum absolute atomic E-state index is 13.0. The number of aryl methyl sites for hydroxylation is 2. The zero-order chi connectivity index (χ0) is 28.6. The summed E-state index contributed by atoms with van der Waals surface area (Å²) in [7, 11) is 0. The van der Waals surface area contributed by atoms with E-state index in [1.165, 1.54) is 13.8 Å². The highest BCUT2D eigenvalue weighted by Gasteiger charge is 2.29. The van der Waals surface area contributed by atoms with Crippen LogP contribution in [0.4, 0.5) is 13.2 Å². The van der Waals surface area contributed by atoms with Gasteiger partial charge in [0, 0.05) is 25.9 Å². The first-order chi connectivity index (χ1) is 18.4. The van der Waals surface area contributed by atoms with Gasteiger partial charge in [0.25, 0.3) is 5.56 Å². The first-order valence-electron chi connectivity index (χ1n) is 12.7. The van der Waals surface area contributed by atoms with Gasteiger partial charge in [-0.05, 0) is 62.8 Å². The predicted octanol–water partition coefficient (Wildman–Crippen LogP) is 4.60. The molecular formula is C28H32F3N3O5. The average molecular weight is 548 g/mol. The second kappa shape index (κ2) is 12.8. The third-order valence-electron chi connectivity index (χ3n) is 6.11. The highest BCUT2D eigenvalue weighted by atomic mass is 19.4. The Morgan fingerprint density at radius 1 is 0.949 bits per heavy atom. The molecule has 8 nitrogen and oxygen atoms in total. The van der Waals surface area contributed by atoms with Gasteiger partial charge in [-0.15, -0.1) is 0 Å². The van der Waals surface area contributed by atoms with Gasteiger partial charge in [-0.1, -0.05) is 42.5 Å². The molecule has 1 N–H and O–H groups in total. The van der Waals surface area contributed by atoms with Crippen molar-refractivity contribution in [3.63, 3.8) is 0 Å². The summed E-state index contributed by atoms with van der Waals surface area (Å²) in [5.74, 6) is -0.661. The standard InChI is InChI=1S/C28H32F3N3O5/c1-27(2,25(36)37)39-22-14-8-13-20(18-22)12-6-7-17-34-26(38)33(16-9-15-28(29,30)31)24(35)23(32-34)19-21-10-4-3-5-11-21/h3-5,8,10-11,13-14,18H,6-7,9,12,15-17,19H2,1-2H3,(H,36,37). The number of carboxylic acid groups (broad SMARTS) is 1. The number of benzene rings is 2. The molecule has 0 bridgehead atoms. The molecule has 0 unspecified atom stereocenters. The quantitative estimate of drug-likeness (QED) is 0.314. The largest absolute Gasteiger partial charge is 0.478 e. The van der Waals surface area contributed by atoms with Crippen LogP contribution in [0.5, 0.6) is 5.75 Å². The van der Waals surface area contributed by atoms with E-state index < -0.39 is 35.4 Å². The summed E-state index contributed by atoms with van der Waals surface area (Å²) in [5.41, 5.74) is -0.989. The lowest BCUT2D eigenvalue weighted by molar-refractivity contribution is -0.152. The van der Waals surface area contributed by atoms with Crippen LogP contribution in [0.3, 0.4) is 0 Å². The molecule has 1 aromatic heterocycles. The van der Waals surface area contributed by atoms with Crippen LogP contribution in [-0.4, -0.2) is 37.2 Å². The molecule has 0 aliphatic carbocycles. The first kappa shape index (κ1) is 29.7. The number of nitrogens with zero attached hydrogens (tertiary/aromatic N) is 3. The number of alkyl halides is 3. The van der Waals surface area contributed by atoms with E-state index >= 15 is 0 Å². The summed E-state index contributed by atoms with van der Waals surface area (Å²) in [6, 6.07) is 16.1. The molecule has 3 aromatic rings. The Morgan fingerprint density at radius 3 is 2.31 bits per heavy atom. The Morgan fingerprint density at radius 2 is 1.64 bits per heavy atom. The summed E-state index contributed by atoms with van der Waals surface area (Å²) in [6.07, 6.45) is -3.94. The zero-order valence-corrected chi connectivity index (χ0v) is 21.9. The monoisotopic (exact) mass is 547 g/mol. The summed E-state index contributed by atoms with van der Waals surface area (Å²) in [5, 5.41) is 13.5. The van der Waals surface area contributed by atoms with Gasteiger partial charge in [-0.3, -0.25) is 9.36 Å². The van der Waals surface area contributed by atoms with Crippen LogP contribution in [0.25, 0.3) is 0 Å². The third-order valence-corrected chi connectivity index (χ3v) is 6.11. The normalized spacial score (nSPS) is 11.9. The van der Waals surface area contributed by atoms with Crippen LogP contribution in [0.2, 0.25) is 0 Å². The lowest BCUT2D eigenvalue weighted by atomic mass is 10.1. The van der Waals surface area contributed by atoms with E-state index in [9.17, 15) is 32.7 Å². The van der Waals surface area contributed by atoms with Gasteiger partial charge in [0.1, 0.15) is 11.4 Å². The maximum atomic E-state index is 13.0. The molecule has 210 valence electrons. The fourth-order valence-electron chi connectivity index (χ4n) is 3.99. The number of aliphatic carboxylic acids is 1. The third kappa shape index (κ3) is 8.83. The van der Waals surface area contributed by atoms with Crippen molar-refractivity contribution in [1.82, 2.24) is 14.3 Å². The lowest BCUT2D eigenvalue weighted by Crippen LogP contribution is -2.43. The van der Waals surface area contributed by atoms with Gasteiger partial charge in [0.15, 0.2) is 5.60 Å². The number of carboxylic acids is 1. The average Bonchev–Trinajstić information content (AvgIpc) is 2.86. The van der Waals surface area contributed by atoms with Crippen molar-refractivity contribution < 1.29 is 27.8 Å². The van der Waals surface area contributed by atoms with E-state index in [4.69, 9.17) is 4.74 Å². The van der Waals surface area contributed by atoms with Crippen LogP contribution in [0.15, 0.2) is 64.2 Å². The SMILES string of the molecule is CC(C)(Oc1cccc(CCCCn2nc(Cc3ccccc3)c(=O)n(CCCC(F)(F)F)c2=O)c1)C(=O)O. The van der Waals surface area contributed by atoms with Crippen molar-refractivity contribution in [2.75, 3.05) is 0 Å². The van der Waals surface area contributed by atoms with Crippen LogP contribution in [0.1, 0.15) is 56.4 Å². The molecule has 3 rings (SSSR count). The molecular weight excluding hydrogens is 515 g/mol. The number of halogens is 3. The number of rotatable bonds is 13. The molecule has 0 atom stereocenters. The summed E-state index contributed by atoms with van der Waals surface area (Å²) in [6.45, 7) is 2.76. The minimum Gasteiger partial charge on any atom is -0.478 e. The van der Waals surface area contributed by atoms with Crippen molar-refractivity contribution in [2.24, 2.45) is 0 Å². The summed E-state index contributed by atoms with van der Waals surface area (Å²) >= 11 is 0. The molecule has 39 heavy (non-hydrogen) atoms. The van der Waals surface area contributed by atoms with Crippen molar-refractivity contribution in [2.45, 2.75) is 77.2 Å². The van der Waals surface area contributed by atoms with Gasteiger partial charge in [-0.2, -0.15) is 18.3 Å². The zero-order valence-electron chi connectivity index (χ0n) is 21.9. The highest BCUT2D eigenvalue weighted by Crippen LogP contribution is 2.22. The van der Waals surface area contributed by atoms with Crippen molar-refractivity contribution in [3.8, 4) is 5.75 Å². The molecule has 0 amide bonds. The summed E-state index contributed by atoms with van der Waals surface area (Å²) < 4.78 is 45.6. The van der Waals surface area contributed by atoms with Gasteiger partial charge < -0.3 is 9.84 Å². The number of ether oxygens (including phenoxy) is 1. The molecule has 0 fully saturated rings. The fraction of sp³-hybridized carbons (Fsp3) is 0.429. The van der Waals surface area contributed by atoms with Gasteiger partial charge in [-0.25, -0.2) is 14.3 Å². The van der Waals surface area contributed by atoms with Gasteiger partial charge in [0.05, 0.1) is 0 Å². The molecule has 2 aromatic carbocycles. The molecule has 0 aliphatic heterocycles. The van der Waals surface area contributed by atoms with Gasteiger partial charge in [0.2, 0.25) is 0 Å². The molecule has 0 saturated carbocycles. The van der Waals surface area contributed by atoms with E-state index in [2.05, 4.69) is 5.10 Å². The second-order valence-electron chi connectivity index (χ2n) is 9.81. The van der Waals surface area contributed by atoms with Crippen LogP contribution in [0, 0.1) is 0 Å². The first-order valence-corrected chi connectivity index (χ1v) is 12.7. The maximum Gasteiger partial charge on any atom is 0.389 e. The Hall–Kier alpha value is -3.89. The molecule has 0 aliphatic rings. The topological polar surface area (TPSA) is 103 Å². The van der Waals surface area contributed by atoms with Crippen LogP contribution < -0.4 is 16.0 Å². The highest BCUT2D eigenvalue weighted by molar-refractivity contribution is 5.76. The molecule has 0 radical (unpaired) electrons.